The van der Waals surface area contributed by atoms with Crippen LogP contribution >= 0.6 is 11.3 Å². The largest absolute Gasteiger partial charge is 0.340 e. The Bertz CT molecular complexity index is 509. The number of nitrogens with one attached hydrogen (secondary N) is 1. The Morgan fingerprint density at radius 3 is 3.10 bits per heavy atom. The molecular weight excluding hydrogens is 272 g/mol. The quantitative estimate of drug-likeness (QED) is 0.843. The van der Waals surface area contributed by atoms with Gasteiger partial charge in [0.1, 0.15) is 0 Å². The van der Waals surface area contributed by atoms with Gasteiger partial charge in [0, 0.05) is 32.0 Å². The number of hydrogen-bond donors (Lipinski definition) is 1. The smallest absolute Gasteiger partial charge is 0.236 e. The van der Waals surface area contributed by atoms with Crippen molar-refractivity contribution in [2.45, 2.75) is 26.1 Å². The molecule has 0 aliphatic rings. The zero-order valence-corrected chi connectivity index (χ0v) is 12.6. The third kappa shape index (κ3) is 4.47. The minimum Gasteiger partial charge on any atom is -0.340 e. The van der Waals surface area contributed by atoms with Crippen molar-refractivity contribution in [3.8, 4) is 0 Å². The van der Waals surface area contributed by atoms with Crippen LogP contribution in [0.5, 0.6) is 0 Å². The number of hydrogen-bond acceptors (Lipinski definition) is 4. The number of thiophene rings is 1. The van der Waals surface area contributed by atoms with Gasteiger partial charge in [-0.15, -0.1) is 0 Å². The number of amides is 1. The number of aromatic nitrogens is 2. The molecule has 0 saturated heterocycles. The molecule has 0 spiro atoms. The van der Waals surface area contributed by atoms with Crippen LogP contribution in [0.25, 0.3) is 0 Å². The maximum Gasteiger partial charge on any atom is 0.236 e. The van der Waals surface area contributed by atoms with Crippen LogP contribution in [0.4, 0.5) is 0 Å². The van der Waals surface area contributed by atoms with Crippen molar-refractivity contribution in [3.05, 3.63) is 40.8 Å². The van der Waals surface area contributed by atoms with Crippen LogP contribution in [0.3, 0.4) is 0 Å². The second-order valence-electron chi connectivity index (χ2n) is 4.89. The van der Waals surface area contributed by atoms with Crippen LogP contribution in [-0.4, -0.2) is 40.2 Å². The van der Waals surface area contributed by atoms with Gasteiger partial charge in [-0.25, -0.2) is 0 Å². The first-order chi connectivity index (χ1) is 9.65. The monoisotopic (exact) mass is 292 g/mol. The van der Waals surface area contributed by atoms with Crippen molar-refractivity contribution in [3.63, 3.8) is 0 Å². The zero-order valence-electron chi connectivity index (χ0n) is 11.8. The second kappa shape index (κ2) is 7.21. The van der Waals surface area contributed by atoms with Crippen molar-refractivity contribution in [1.29, 1.82) is 0 Å². The normalized spacial score (nSPS) is 12.3. The van der Waals surface area contributed by atoms with E-state index in [0.717, 1.165) is 6.54 Å². The van der Waals surface area contributed by atoms with Crippen molar-refractivity contribution in [2.24, 2.45) is 0 Å². The van der Waals surface area contributed by atoms with E-state index in [2.05, 4.69) is 15.8 Å². The van der Waals surface area contributed by atoms with Crippen LogP contribution in [0, 0.1) is 0 Å². The number of likely N-dealkylation sites (N-methyl/N-ethyl adjacent to an activating group) is 1. The standard InChI is InChI=1S/C14H20N4OS/c1-12(9-18-6-3-5-16-18)15-8-14(19)17(2)10-13-4-7-20-11-13/h3-7,11-12,15H,8-10H2,1-2H3. The highest BCUT2D eigenvalue weighted by atomic mass is 32.1. The second-order valence-corrected chi connectivity index (χ2v) is 5.67. The molecule has 2 rings (SSSR count). The van der Waals surface area contributed by atoms with Gasteiger partial charge in [0.05, 0.1) is 13.1 Å². The van der Waals surface area contributed by atoms with E-state index in [-0.39, 0.29) is 11.9 Å². The molecule has 0 radical (unpaired) electrons. The maximum atomic E-state index is 12.0. The highest BCUT2D eigenvalue weighted by Crippen LogP contribution is 2.08. The van der Waals surface area contributed by atoms with Gasteiger partial charge in [-0.3, -0.25) is 9.48 Å². The van der Waals surface area contributed by atoms with Gasteiger partial charge in [0.25, 0.3) is 0 Å². The molecule has 1 unspecified atom stereocenters. The molecule has 1 N–H and O–H groups in total. The van der Waals surface area contributed by atoms with Crippen molar-refractivity contribution < 1.29 is 4.79 Å². The fourth-order valence-electron chi connectivity index (χ4n) is 1.89. The summed E-state index contributed by atoms with van der Waals surface area (Å²) >= 11 is 1.65. The lowest BCUT2D eigenvalue weighted by atomic mass is 10.3. The molecule has 0 fully saturated rings. The highest BCUT2D eigenvalue weighted by molar-refractivity contribution is 7.07. The average Bonchev–Trinajstić information content (AvgIpc) is 3.09. The summed E-state index contributed by atoms with van der Waals surface area (Å²) in [6.45, 7) is 3.82. The first kappa shape index (κ1) is 14.7. The summed E-state index contributed by atoms with van der Waals surface area (Å²) in [5, 5.41) is 11.5. The van der Waals surface area contributed by atoms with Gasteiger partial charge in [0.2, 0.25) is 5.91 Å². The Kier molecular flexibility index (Phi) is 5.31. The highest BCUT2D eigenvalue weighted by Gasteiger charge is 2.11. The lowest BCUT2D eigenvalue weighted by Gasteiger charge is -2.19. The molecule has 20 heavy (non-hydrogen) atoms. The zero-order chi connectivity index (χ0) is 14.4. The molecule has 2 heterocycles. The van der Waals surface area contributed by atoms with Crippen molar-refractivity contribution >= 4 is 17.2 Å². The Morgan fingerprint density at radius 1 is 1.60 bits per heavy atom. The summed E-state index contributed by atoms with van der Waals surface area (Å²) in [6, 6.07) is 4.14. The molecule has 6 heteroatoms. The number of rotatable bonds is 7. The number of carbonyl (C=O) groups excluding carboxylic acids is 1. The summed E-state index contributed by atoms with van der Waals surface area (Å²) in [4.78, 5) is 13.8. The Labute approximate surface area is 123 Å². The van der Waals surface area contributed by atoms with Crippen LogP contribution in [-0.2, 0) is 17.9 Å². The molecule has 0 saturated carbocycles. The average molecular weight is 292 g/mol. The third-order valence-corrected chi connectivity index (χ3v) is 3.78. The topological polar surface area (TPSA) is 50.2 Å². The first-order valence-corrected chi connectivity index (χ1v) is 7.55. The van der Waals surface area contributed by atoms with Crippen LogP contribution in [0.15, 0.2) is 35.3 Å². The Balaban J connectivity index is 1.71. The van der Waals surface area contributed by atoms with Gasteiger partial charge in [-0.05, 0) is 35.4 Å². The molecule has 0 aliphatic carbocycles. The molecule has 1 atom stereocenters. The molecule has 5 nitrogen and oxygen atoms in total. The summed E-state index contributed by atoms with van der Waals surface area (Å²) in [6.07, 6.45) is 3.68. The van der Waals surface area contributed by atoms with Gasteiger partial charge in [0.15, 0.2) is 0 Å². The molecule has 108 valence electrons. The van der Waals surface area contributed by atoms with E-state index in [1.54, 1.807) is 22.4 Å². The minimum absolute atomic E-state index is 0.100. The van der Waals surface area contributed by atoms with Gasteiger partial charge >= 0.3 is 0 Å². The molecule has 1 amide bonds. The van der Waals surface area contributed by atoms with E-state index in [9.17, 15) is 4.79 Å². The molecular formula is C14H20N4OS. The summed E-state index contributed by atoms with van der Waals surface area (Å²) in [7, 11) is 1.83. The van der Waals surface area contributed by atoms with Gasteiger partial charge in [-0.1, -0.05) is 0 Å². The van der Waals surface area contributed by atoms with Crippen LogP contribution in [0.1, 0.15) is 12.5 Å². The molecule has 0 aromatic carbocycles. The van der Waals surface area contributed by atoms with Gasteiger partial charge < -0.3 is 10.2 Å². The molecule has 2 aromatic rings. The predicted octanol–water partition coefficient (Wildman–Crippen LogP) is 1.58. The van der Waals surface area contributed by atoms with E-state index >= 15 is 0 Å². The van der Waals surface area contributed by atoms with E-state index in [1.165, 1.54) is 5.56 Å². The predicted molar refractivity (Wildman–Crippen MR) is 80.5 cm³/mol. The lowest BCUT2D eigenvalue weighted by molar-refractivity contribution is -0.129. The van der Waals surface area contributed by atoms with E-state index in [4.69, 9.17) is 0 Å². The van der Waals surface area contributed by atoms with E-state index in [1.807, 2.05) is 42.4 Å². The fraction of sp³-hybridized carbons (Fsp3) is 0.429. The molecule has 2 aromatic heterocycles. The van der Waals surface area contributed by atoms with Crippen LogP contribution < -0.4 is 5.32 Å². The third-order valence-electron chi connectivity index (χ3n) is 3.05. The summed E-state index contributed by atoms with van der Waals surface area (Å²) < 4.78 is 1.86. The Morgan fingerprint density at radius 2 is 2.45 bits per heavy atom. The van der Waals surface area contributed by atoms with E-state index in [0.29, 0.717) is 13.1 Å². The number of nitrogens with zero attached hydrogens (tertiary/aromatic N) is 3. The van der Waals surface area contributed by atoms with E-state index < -0.39 is 0 Å². The fourth-order valence-corrected chi connectivity index (χ4v) is 2.55. The van der Waals surface area contributed by atoms with Crippen molar-refractivity contribution in [2.75, 3.05) is 13.6 Å². The minimum atomic E-state index is 0.100. The summed E-state index contributed by atoms with van der Waals surface area (Å²) in [5.74, 6) is 0.100. The summed E-state index contributed by atoms with van der Waals surface area (Å²) in [5.41, 5.74) is 1.18. The first-order valence-electron chi connectivity index (χ1n) is 6.61. The van der Waals surface area contributed by atoms with Crippen LogP contribution in [0.2, 0.25) is 0 Å². The lowest BCUT2D eigenvalue weighted by Crippen LogP contribution is -2.40. The molecule has 0 bridgehead atoms. The van der Waals surface area contributed by atoms with Gasteiger partial charge in [-0.2, -0.15) is 16.4 Å². The Hall–Kier alpha value is -1.66. The molecule has 0 aliphatic heterocycles. The maximum absolute atomic E-state index is 12.0. The SMILES string of the molecule is CC(Cn1cccn1)NCC(=O)N(C)Cc1ccsc1. The van der Waals surface area contributed by atoms with Crippen molar-refractivity contribution in [1.82, 2.24) is 20.0 Å². The number of carbonyl (C=O) groups is 1.